The largest absolute Gasteiger partial charge is 0.325 e. The SMILES string of the molecule is Cc1cc(SCC(=O)Nc2ccc(C(C)(C)C)cc2)nc2ccccc12. The second-order valence-electron chi connectivity index (χ2n) is 7.46. The van der Waals surface area contributed by atoms with Crippen LogP contribution in [-0.4, -0.2) is 16.6 Å². The Hall–Kier alpha value is -2.33. The van der Waals surface area contributed by atoms with Gasteiger partial charge >= 0.3 is 0 Å². The summed E-state index contributed by atoms with van der Waals surface area (Å²) < 4.78 is 0. The first-order valence-corrected chi connectivity index (χ1v) is 9.71. The zero-order valence-electron chi connectivity index (χ0n) is 15.7. The number of nitrogens with zero attached hydrogens (tertiary/aromatic N) is 1. The van der Waals surface area contributed by atoms with Crippen LogP contribution in [0.25, 0.3) is 10.9 Å². The van der Waals surface area contributed by atoms with E-state index in [9.17, 15) is 4.79 Å². The number of fused-ring (bicyclic) bond motifs is 1. The highest BCUT2D eigenvalue weighted by molar-refractivity contribution is 7.99. The molecule has 0 aliphatic rings. The van der Waals surface area contributed by atoms with E-state index in [1.807, 2.05) is 36.4 Å². The van der Waals surface area contributed by atoms with Crippen molar-refractivity contribution < 1.29 is 4.79 Å². The molecule has 4 heteroatoms. The van der Waals surface area contributed by atoms with Crippen molar-refractivity contribution in [1.82, 2.24) is 4.98 Å². The van der Waals surface area contributed by atoms with Crippen LogP contribution in [0, 0.1) is 6.92 Å². The molecule has 134 valence electrons. The molecular formula is C22H24N2OS. The standard InChI is InChI=1S/C22H24N2OS/c1-15-13-21(24-19-8-6-5-7-18(15)19)26-14-20(25)23-17-11-9-16(10-12-17)22(2,3)4/h5-13H,14H2,1-4H3,(H,23,25). The summed E-state index contributed by atoms with van der Waals surface area (Å²) in [6.45, 7) is 8.60. The number of carbonyl (C=O) groups excluding carboxylic acids is 1. The summed E-state index contributed by atoms with van der Waals surface area (Å²) in [5.41, 5.74) is 4.33. The van der Waals surface area contributed by atoms with Crippen LogP contribution >= 0.6 is 11.8 Å². The fourth-order valence-corrected chi connectivity index (χ4v) is 3.56. The summed E-state index contributed by atoms with van der Waals surface area (Å²) in [5.74, 6) is 0.317. The molecule has 1 N–H and O–H groups in total. The molecule has 0 saturated carbocycles. The topological polar surface area (TPSA) is 42.0 Å². The predicted octanol–water partition coefficient (Wildman–Crippen LogP) is 5.57. The molecule has 3 aromatic rings. The van der Waals surface area contributed by atoms with Crippen molar-refractivity contribution in [2.45, 2.75) is 38.1 Å². The number of hydrogen-bond acceptors (Lipinski definition) is 3. The van der Waals surface area contributed by atoms with Crippen LogP contribution in [-0.2, 0) is 10.2 Å². The third-order valence-corrected chi connectivity index (χ3v) is 5.20. The number of carbonyl (C=O) groups is 1. The van der Waals surface area contributed by atoms with Crippen molar-refractivity contribution >= 4 is 34.3 Å². The van der Waals surface area contributed by atoms with E-state index in [0.29, 0.717) is 5.75 Å². The molecule has 3 rings (SSSR count). The Bertz CT molecular complexity index is 927. The van der Waals surface area contributed by atoms with Gasteiger partial charge in [0.15, 0.2) is 0 Å². The molecular weight excluding hydrogens is 340 g/mol. The lowest BCUT2D eigenvalue weighted by Crippen LogP contribution is -2.15. The highest BCUT2D eigenvalue weighted by Gasteiger charge is 2.13. The van der Waals surface area contributed by atoms with Crippen LogP contribution in [0.5, 0.6) is 0 Å². The second kappa shape index (κ2) is 7.50. The molecule has 1 aromatic heterocycles. The van der Waals surface area contributed by atoms with E-state index in [0.717, 1.165) is 21.6 Å². The average Bonchev–Trinajstić information content (AvgIpc) is 2.60. The number of anilines is 1. The molecule has 0 radical (unpaired) electrons. The maximum absolute atomic E-state index is 12.3. The van der Waals surface area contributed by atoms with E-state index >= 15 is 0 Å². The Morgan fingerprint density at radius 2 is 1.77 bits per heavy atom. The van der Waals surface area contributed by atoms with Gasteiger partial charge in [-0.3, -0.25) is 4.79 Å². The highest BCUT2D eigenvalue weighted by atomic mass is 32.2. The van der Waals surface area contributed by atoms with Gasteiger partial charge in [-0.05, 0) is 47.7 Å². The van der Waals surface area contributed by atoms with Gasteiger partial charge in [-0.15, -0.1) is 0 Å². The Kier molecular flexibility index (Phi) is 5.33. The molecule has 0 aliphatic carbocycles. The van der Waals surface area contributed by atoms with Gasteiger partial charge in [0.05, 0.1) is 16.3 Å². The van der Waals surface area contributed by atoms with E-state index < -0.39 is 0 Å². The van der Waals surface area contributed by atoms with Gasteiger partial charge < -0.3 is 5.32 Å². The molecule has 2 aromatic carbocycles. The molecule has 1 amide bonds. The lowest BCUT2D eigenvalue weighted by Gasteiger charge is -2.19. The first kappa shape index (κ1) is 18.5. The summed E-state index contributed by atoms with van der Waals surface area (Å²) in [4.78, 5) is 16.9. The van der Waals surface area contributed by atoms with E-state index in [1.165, 1.54) is 22.9 Å². The van der Waals surface area contributed by atoms with E-state index in [1.54, 1.807) is 0 Å². The number of aryl methyl sites for hydroxylation is 1. The molecule has 0 spiro atoms. The average molecular weight is 365 g/mol. The third kappa shape index (κ3) is 4.44. The summed E-state index contributed by atoms with van der Waals surface area (Å²) in [6, 6.07) is 18.2. The Morgan fingerprint density at radius 1 is 1.08 bits per heavy atom. The zero-order chi connectivity index (χ0) is 18.7. The van der Waals surface area contributed by atoms with Gasteiger partial charge in [0.25, 0.3) is 0 Å². The van der Waals surface area contributed by atoms with Gasteiger partial charge in [0.1, 0.15) is 0 Å². The molecule has 3 nitrogen and oxygen atoms in total. The number of nitrogens with one attached hydrogen (secondary N) is 1. The number of thioether (sulfide) groups is 1. The van der Waals surface area contributed by atoms with Crippen LogP contribution < -0.4 is 5.32 Å². The van der Waals surface area contributed by atoms with Gasteiger partial charge in [0.2, 0.25) is 5.91 Å². The lowest BCUT2D eigenvalue weighted by molar-refractivity contribution is -0.113. The number of hydrogen-bond donors (Lipinski definition) is 1. The lowest BCUT2D eigenvalue weighted by atomic mass is 9.87. The van der Waals surface area contributed by atoms with Crippen LogP contribution in [0.1, 0.15) is 31.9 Å². The number of amides is 1. The molecule has 0 aliphatic heterocycles. The maximum atomic E-state index is 12.3. The number of rotatable bonds is 4. The van der Waals surface area contributed by atoms with E-state index in [2.05, 4.69) is 56.2 Å². The van der Waals surface area contributed by atoms with Crippen LogP contribution in [0.2, 0.25) is 0 Å². The molecule has 0 saturated heterocycles. The number of pyridine rings is 1. The Balaban J connectivity index is 1.62. The van der Waals surface area contributed by atoms with Crippen molar-refractivity contribution in [2.24, 2.45) is 0 Å². The first-order chi connectivity index (χ1) is 12.3. The predicted molar refractivity (Wildman–Crippen MR) is 111 cm³/mol. The summed E-state index contributed by atoms with van der Waals surface area (Å²) in [7, 11) is 0. The number of para-hydroxylation sites is 1. The minimum atomic E-state index is -0.0221. The minimum absolute atomic E-state index is 0.0221. The van der Waals surface area contributed by atoms with Crippen molar-refractivity contribution in [1.29, 1.82) is 0 Å². The van der Waals surface area contributed by atoms with E-state index in [-0.39, 0.29) is 11.3 Å². The second-order valence-corrected chi connectivity index (χ2v) is 8.45. The molecule has 0 bridgehead atoms. The van der Waals surface area contributed by atoms with Gasteiger partial charge in [-0.1, -0.05) is 62.9 Å². The molecule has 26 heavy (non-hydrogen) atoms. The monoisotopic (exact) mass is 364 g/mol. The highest BCUT2D eigenvalue weighted by Crippen LogP contribution is 2.25. The van der Waals surface area contributed by atoms with Crippen molar-refractivity contribution in [3.8, 4) is 0 Å². The van der Waals surface area contributed by atoms with Gasteiger partial charge in [-0.25, -0.2) is 4.98 Å². The normalized spacial score (nSPS) is 11.5. The minimum Gasteiger partial charge on any atom is -0.325 e. The van der Waals surface area contributed by atoms with Gasteiger partial charge in [0, 0.05) is 11.1 Å². The quantitative estimate of drug-likeness (QED) is 0.615. The molecule has 0 atom stereocenters. The Labute approximate surface area is 159 Å². The molecule has 0 fully saturated rings. The fraction of sp³-hybridized carbons (Fsp3) is 0.273. The molecule has 0 unspecified atom stereocenters. The summed E-state index contributed by atoms with van der Waals surface area (Å²) in [5, 5.41) is 4.98. The maximum Gasteiger partial charge on any atom is 0.234 e. The smallest absolute Gasteiger partial charge is 0.234 e. The van der Waals surface area contributed by atoms with Crippen LogP contribution in [0.4, 0.5) is 5.69 Å². The van der Waals surface area contributed by atoms with Crippen molar-refractivity contribution in [3.63, 3.8) is 0 Å². The fourth-order valence-electron chi connectivity index (χ4n) is 2.78. The first-order valence-electron chi connectivity index (χ1n) is 8.72. The number of benzene rings is 2. The summed E-state index contributed by atoms with van der Waals surface area (Å²) >= 11 is 1.46. The third-order valence-electron chi connectivity index (χ3n) is 4.29. The number of aromatic nitrogens is 1. The van der Waals surface area contributed by atoms with Crippen molar-refractivity contribution in [2.75, 3.05) is 11.1 Å². The van der Waals surface area contributed by atoms with Crippen LogP contribution in [0.15, 0.2) is 59.6 Å². The van der Waals surface area contributed by atoms with Crippen molar-refractivity contribution in [3.05, 3.63) is 65.7 Å². The molecule has 1 heterocycles. The summed E-state index contributed by atoms with van der Waals surface area (Å²) in [6.07, 6.45) is 0. The zero-order valence-corrected chi connectivity index (χ0v) is 16.5. The van der Waals surface area contributed by atoms with Gasteiger partial charge in [-0.2, -0.15) is 0 Å². The Morgan fingerprint density at radius 3 is 2.46 bits per heavy atom. The van der Waals surface area contributed by atoms with Crippen LogP contribution in [0.3, 0.4) is 0 Å². The van der Waals surface area contributed by atoms with E-state index in [4.69, 9.17) is 0 Å².